The van der Waals surface area contributed by atoms with E-state index in [1.54, 1.807) is 42.5 Å². The van der Waals surface area contributed by atoms with Crippen molar-refractivity contribution in [2.75, 3.05) is 58.0 Å². The average Bonchev–Trinajstić information content (AvgIpc) is 3.75. The molecule has 2 saturated heterocycles. The van der Waals surface area contributed by atoms with Crippen molar-refractivity contribution in [3.8, 4) is 23.0 Å². The Labute approximate surface area is 271 Å². The van der Waals surface area contributed by atoms with Crippen LogP contribution in [0.3, 0.4) is 0 Å². The fraction of sp³-hybridized carbons (Fsp3) is 0.361. The molecule has 0 N–H and O–H groups in total. The lowest BCUT2D eigenvalue weighted by atomic mass is 9.93. The number of piperidine rings is 1. The minimum Gasteiger partial charge on any atom is -0.493 e. The average molecular weight is 644 g/mol. The van der Waals surface area contributed by atoms with Crippen molar-refractivity contribution in [1.29, 1.82) is 0 Å². The van der Waals surface area contributed by atoms with Crippen LogP contribution in [0, 0.1) is 23.0 Å². The number of amides is 1. The maximum Gasteiger partial charge on any atom is 0.241 e. The van der Waals surface area contributed by atoms with E-state index in [0.29, 0.717) is 59.0 Å². The third-order valence-corrected chi connectivity index (χ3v) is 9.32. The number of methoxy groups -OCH3 is 1. The maximum absolute atomic E-state index is 15.4. The number of ketones is 1. The first-order valence-corrected chi connectivity index (χ1v) is 15.8. The highest BCUT2D eigenvalue weighted by molar-refractivity contribution is 6.18. The van der Waals surface area contributed by atoms with Gasteiger partial charge in [0, 0.05) is 55.9 Å². The summed E-state index contributed by atoms with van der Waals surface area (Å²) in [5.41, 5.74) is 0.515. The van der Waals surface area contributed by atoms with Crippen molar-refractivity contribution < 1.29 is 37.3 Å². The van der Waals surface area contributed by atoms with Gasteiger partial charge in [0.05, 0.1) is 32.4 Å². The molecule has 3 aromatic carbocycles. The molecule has 1 aromatic heterocycles. The van der Waals surface area contributed by atoms with Gasteiger partial charge in [-0.3, -0.25) is 19.5 Å². The smallest absolute Gasteiger partial charge is 0.241 e. The van der Waals surface area contributed by atoms with Gasteiger partial charge < -0.3 is 23.8 Å². The van der Waals surface area contributed by atoms with Gasteiger partial charge in [-0.1, -0.05) is 6.07 Å². The molecule has 1 saturated carbocycles. The zero-order chi connectivity index (χ0) is 32.5. The number of hydrogen-bond acceptors (Lipinski definition) is 8. The first-order chi connectivity index (χ1) is 22.9. The van der Waals surface area contributed by atoms with Crippen LogP contribution in [0.1, 0.15) is 18.4 Å². The number of pyridine rings is 1. The highest BCUT2D eigenvalue weighted by Gasteiger charge is 2.70. The molecule has 11 heteroatoms. The number of halogens is 2. The summed E-state index contributed by atoms with van der Waals surface area (Å²) in [6, 6.07) is 15.2. The number of rotatable bonds is 12. The fourth-order valence-electron chi connectivity index (χ4n) is 6.64. The monoisotopic (exact) mass is 643 g/mol. The highest BCUT2D eigenvalue weighted by Crippen LogP contribution is 2.60. The van der Waals surface area contributed by atoms with Crippen molar-refractivity contribution in [2.24, 2.45) is 11.3 Å². The summed E-state index contributed by atoms with van der Waals surface area (Å²) in [5.74, 6) is -0.213. The van der Waals surface area contributed by atoms with Crippen LogP contribution in [0.2, 0.25) is 0 Å². The van der Waals surface area contributed by atoms with E-state index in [1.165, 1.54) is 36.4 Å². The van der Waals surface area contributed by atoms with Crippen molar-refractivity contribution >= 4 is 28.3 Å². The number of aromatic nitrogens is 1. The molecule has 0 radical (unpaired) electrons. The SMILES string of the molecule is COc1cc2c(Oc3ccc(CC(=O)C45CC4CN(c4ccc(F)cc4)C5=O)cc3F)ccnc2cc1OCCCN1CCOCC1. The Bertz CT molecular complexity index is 1810. The van der Waals surface area contributed by atoms with Gasteiger partial charge in [-0.05, 0) is 72.9 Å². The number of Topliss-reactive ketones (excluding diaryl/α,β-unsaturated/α-hetero) is 1. The summed E-state index contributed by atoms with van der Waals surface area (Å²) in [4.78, 5) is 35.0. The molecule has 1 amide bonds. The third kappa shape index (κ3) is 6.13. The molecule has 3 aliphatic rings. The van der Waals surface area contributed by atoms with Crippen LogP contribution in [0.25, 0.3) is 10.9 Å². The van der Waals surface area contributed by atoms with E-state index < -0.39 is 17.0 Å². The van der Waals surface area contributed by atoms with E-state index in [0.717, 1.165) is 39.3 Å². The zero-order valence-electron chi connectivity index (χ0n) is 26.0. The Morgan fingerprint density at radius 2 is 1.81 bits per heavy atom. The Morgan fingerprint density at radius 3 is 2.57 bits per heavy atom. The molecule has 0 bridgehead atoms. The van der Waals surface area contributed by atoms with Crippen LogP contribution in [-0.2, 0) is 20.7 Å². The summed E-state index contributed by atoms with van der Waals surface area (Å²) in [6.07, 6.45) is 2.83. The normalized spacial score (nSPS) is 20.7. The predicted molar refractivity (Wildman–Crippen MR) is 170 cm³/mol. The summed E-state index contributed by atoms with van der Waals surface area (Å²) < 4.78 is 51.8. The van der Waals surface area contributed by atoms with Gasteiger partial charge in [-0.2, -0.15) is 0 Å². The molecule has 0 spiro atoms. The van der Waals surface area contributed by atoms with E-state index in [4.69, 9.17) is 18.9 Å². The molecular formula is C36H35F2N3O6. The quantitative estimate of drug-likeness (QED) is 0.146. The van der Waals surface area contributed by atoms with E-state index in [-0.39, 0.29) is 29.8 Å². The van der Waals surface area contributed by atoms with Crippen LogP contribution >= 0.6 is 0 Å². The van der Waals surface area contributed by atoms with Gasteiger partial charge in [0.2, 0.25) is 5.91 Å². The molecule has 244 valence electrons. The third-order valence-electron chi connectivity index (χ3n) is 9.32. The lowest BCUT2D eigenvalue weighted by molar-refractivity contribution is -0.133. The van der Waals surface area contributed by atoms with E-state index in [2.05, 4.69) is 9.88 Å². The minimum absolute atomic E-state index is 0.0157. The Morgan fingerprint density at radius 1 is 1.00 bits per heavy atom. The molecule has 47 heavy (non-hydrogen) atoms. The minimum atomic E-state index is -1.10. The van der Waals surface area contributed by atoms with Crippen molar-refractivity contribution in [3.63, 3.8) is 0 Å². The first kappa shape index (κ1) is 31.0. The maximum atomic E-state index is 15.4. The molecule has 1 aliphatic carbocycles. The van der Waals surface area contributed by atoms with Crippen LogP contribution < -0.4 is 19.1 Å². The van der Waals surface area contributed by atoms with E-state index >= 15 is 4.39 Å². The number of morpholine rings is 1. The summed E-state index contributed by atoms with van der Waals surface area (Å²) in [6.45, 7) is 5.20. The number of hydrogen-bond donors (Lipinski definition) is 0. The molecule has 3 fully saturated rings. The zero-order valence-corrected chi connectivity index (χ0v) is 26.0. The summed E-state index contributed by atoms with van der Waals surface area (Å²) in [5, 5.41) is 0.619. The van der Waals surface area contributed by atoms with Gasteiger partial charge in [0.15, 0.2) is 28.8 Å². The van der Waals surface area contributed by atoms with Crippen LogP contribution in [0.4, 0.5) is 14.5 Å². The molecule has 2 atom stereocenters. The number of anilines is 1. The molecule has 3 heterocycles. The molecule has 2 unspecified atom stereocenters. The van der Waals surface area contributed by atoms with Crippen molar-refractivity contribution in [3.05, 3.63) is 84.1 Å². The second-order valence-electron chi connectivity index (χ2n) is 12.2. The Kier molecular flexibility index (Phi) is 8.50. The summed E-state index contributed by atoms with van der Waals surface area (Å²) in [7, 11) is 1.56. The summed E-state index contributed by atoms with van der Waals surface area (Å²) >= 11 is 0. The van der Waals surface area contributed by atoms with E-state index in [1.807, 2.05) is 0 Å². The second-order valence-corrected chi connectivity index (χ2v) is 12.2. The van der Waals surface area contributed by atoms with Crippen LogP contribution in [0.5, 0.6) is 23.0 Å². The van der Waals surface area contributed by atoms with Gasteiger partial charge in [0.1, 0.15) is 17.0 Å². The van der Waals surface area contributed by atoms with Gasteiger partial charge >= 0.3 is 0 Å². The van der Waals surface area contributed by atoms with Gasteiger partial charge in [-0.15, -0.1) is 0 Å². The van der Waals surface area contributed by atoms with Crippen LogP contribution in [0.15, 0.2) is 66.9 Å². The Hall–Kier alpha value is -4.61. The van der Waals surface area contributed by atoms with Crippen LogP contribution in [-0.4, -0.2) is 74.7 Å². The van der Waals surface area contributed by atoms with Gasteiger partial charge in [-0.25, -0.2) is 8.78 Å². The largest absolute Gasteiger partial charge is 0.493 e. The molecule has 2 aliphatic heterocycles. The molecule has 7 rings (SSSR count). The first-order valence-electron chi connectivity index (χ1n) is 15.8. The number of carbonyl (C=O) groups is 2. The standard InChI is InChI=1S/C36H35F2N3O6/c1-44-32-19-27-29(20-33(32)46-14-2-11-40-12-15-45-16-13-40)39-10-9-30(27)47-31-8-3-23(17-28(31)38)18-34(42)36-21-24(36)22-41(35(36)43)26-6-4-25(37)5-7-26/h3-10,17,19-20,24H,2,11-16,18,21-22H2,1H3. The second kappa shape index (κ2) is 12.9. The fourth-order valence-corrected chi connectivity index (χ4v) is 6.64. The van der Waals surface area contributed by atoms with Crippen molar-refractivity contribution in [1.82, 2.24) is 9.88 Å². The van der Waals surface area contributed by atoms with Crippen molar-refractivity contribution in [2.45, 2.75) is 19.3 Å². The number of nitrogens with zero attached hydrogens (tertiary/aromatic N) is 3. The number of carbonyl (C=O) groups excluding carboxylic acids is 2. The lowest BCUT2D eigenvalue weighted by Crippen LogP contribution is -2.37. The number of fused-ring (bicyclic) bond motifs is 2. The van der Waals surface area contributed by atoms with E-state index in [9.17, 15) is 14.0 Å². The Balaban J connectivity index is 1.01. The van der Waals surface area contributed by atoms with Gasteiger partial charge in [0.25, 0.3) is 0 Å². The molecule has 9 nitrogen and oxygen atoms in total. The topological polar surface area (TPSA) is 90.4 Å². The molecular weight excluding hydrogens is 608 g/mol. The molecule has 4 aromatic rings. The lowest BCUT2D eigenvalue weighted by Gasteiger charge is -2.26. The predicted octanol–water partition coefficient (Wildman–Crippen LogP) is 5.58. The highest BCUT2D eigenvalue weighted by atomic mass is 19.1. The number of ether oxygens (including phenoxy) is 4. The number of benzene rings is 3.